The van der Waals surface area contributed by atoms with Gasteiger partial charge in [-0.2, -0.15) is 17.5 Å². The van der Waals surface area contributed by atoms with E-state index in [-0.39, 0.29) is 41.1 Å². The van der Waals surface area contributed by atoms with Crippen molar-refractivity contribution in [3.05, 3.63) is 29.8 Å². The molecule has 4 atom stereocenters. The number of nitrogens with two attached hydrogens (primary N) is 1. The molecular weight excluding hydrogens is 407 g/mol. The van der Waals surface area contributed by atoms with Crippen molar-refractivity contribution in [2.45, 2.75) is 49.8 Å². The number of amides is 1. The van der Waals surface area contributed by atoms with Gasteiger partial charge in [0.1, 0.15) is 0 Å². The van der Waals surface area contributed by atoms with Crippen LogP contribution in [0.1, 0.15) is 32.3 Å². The Morgan fingerprint density at radius 3 is 2.34 bits per heavy atom. The minimum Gasteiger partial charge on any atom is -0.352 e. The van der Waals surface area contributed by atoms with Crippen LogP contribution in [-0.4, -0.2) is 43.8 Å². The van der Waals surface area contributed by atoms with Crippen molar-refractivity contribution >= 4 is 15.9 Å². The van der Waals surface area contributed by atoms with E-state index in [2.05, 4.69) is 5.32 Å². The average Bonchev–Trinajstić information content (AvgIpc) is 3.22. The second-order valence-electron chi connectivity index (χ2n) is 8.23. The number of carbonyl (C=O) groups is 1. The van der Waals surface area contributed by atoms with Gasteiger partial charge in [0.2, 0.25) is 15.9 Å². The third-order valence-electron chi connectivity index (χ3n) is 5.99. The third kappa shape index (κ3) is 4.44. The maximum absolute atomic E-state index is 12.9. The highest BCUT2D eigenvalue weighted by molar-refractivity contribution is 7.89. The number of sulfonamides is 1. The van der Waals surface area contributed by atoms with Crippen molar-refractivity contribution in [2.24, 2.45) is 23.5 Å². The van der Waals surface area contributed by atoms with Crippen LogP contribution in [0.4, 0.5) is 13.2 Å². The van der Waals surface area contributed by atoms with Gasteiger partial charge in [-0.1, -0.05) is 13.8 Å². The van der Waals surface area contributed by atoms with Crippen LogP contribution >= 0.6 is 0 Å². The first-order valence-corrected chi connectivity index (χ1v) is 11.1. The molecule has 0 aromatic heterocycles. The van der Waals surface area contributed by atoms with Crippen LogP contribution in [0.25, 0.3) is 0 Å². The molecule has 6 nitrogen and oxygen atoms in total. The number of hydrogen-bond acceptors (Lipinski definition) is 4. The van der Waals surface area contributed by atoms with E-state index in [9.17, 15) is 26.4 Å². The molecule has 1 saturated heterocycles. The smallest absolute Gasteiger partial charge is 0.352 e. The Kier molecular flexibility index (Phi) is 5.99. The summed E-state index contributed by atoms with van der Waals surface area (Å²) in [6, 6.07) is 2.77. The predicted molar refractivity (Wildman–Crippen MR) is 101 cm³/mol. The molecule has 1 heterocycles. The number of nitrogens with zero attached hydrogens (tertiary/aromatic N) is 1. The van der Waals surface area contributed by atoms with Crippen LogP contribution < -0.4 is 11.1 Å². The molecule has 2 fully saturated rings. The van der Waals surface area contributed by atoms with Crippen molar-refractivity contribution in [1.82, 2.24) is 9.62 Å². The zero-order valence-corrected chi connectivity index (χ0v) is 17.1. The summed E-state index contributed by atoms with van der Waals surface area (Å²) in [5.74, 6) is -0.163. The van der Waals surface area contributed by atoms with E-state index in [4.69, 9.17) is 5.73 Å². The van der Waals surface area contributed by atoms with E-state index in [1.807, 2.05) is 13.8 Å². The average molecular weight is 433 g/mol. The molecule has 3 rings (SSSR count). The molecule has 2 aliphatic rings. The van der Waals surface area contributed by atoms with E-state index in [0.717, 1.165) is 37.1 Å². The van der Waals surface area contributed by atoms with Crippen molar-refractivity contribution in [3.63, 3.8) is 0 Å². The van der Waals surface area contributed by atoms with Crippen LogP contribution in [0.3, 0.4) is 0 Å². The van der Waals surface area contributed by atoms with E-state index < -0.39 is 27.8 Å². The van der Waals surface area contributed by atoms with Crippen LogP contribution in [0.5, 0.6) is 0 Å². The molecule has 1 aliphatic heterocycles. The van der Waals surface area contributed by atoms with Crippen LogP contribution in [-0.2, 0) is 21.0 Å². The van der Waals surface area contributed by atoms with Gasteiger partial charge in [-0.05, 0) is 54.9 Å². The molecule has 1 aromatic rings. The summed E-state index contributed by atoms with van der Waals surface area (Å²) in [5.41, 5.74) is 5.00. The lowest BCUT2D eigenvalue weighted by molar-refractivity contribution is -0.137. The van der Waals surface area contributed by atoms with Crippen LogP contribution in [0, 0.1) is 17.8 Å². The van der Waals surface area contributed by atoms with E-state index in [1.54, 1.807) is 0 Å². The second kappa shape index (κ2) is 7.88. The third-order valence-corrected chi connectivity index (χ3v) is 7.84. The molecular formula is C19H26F3N3O3S. The number of fused-ring (bicyclic) bond motifs is 1. The number of hydrogen-bond donors (Lipinski definition) is 2. The molecule has 0 radical (unpaired) electrons. The van der Waals surface area contributed by atoms with Gasteiger partial charge in [-0.15, -0.1) is 0 Å². The number of halogens is 3. The first kappa shape index (κ1) is 22.0. The Bertz CT molecular complexity index is 856. The largest absolute Gasteiger partial charge is 0.416 e. The summed E-state index contributed by atoms with van der Waals surface area (Å²) in [5, 5.41) is 2.96. The zero-order valence-electron chi connectivity index (χ0n) is 16.3. The monoisotopic (exact) mass is 433 g/mol. The zero-order chi connectivity index (χ0) is 21.6. The summed E-state index contributed by atoms with van der Waals surface area (Å²) in [6.07, 6.45) is -2.97. The standard InChI is InChI=1S/C19H26F3N3O3S/c1-11(2)17(23)18(26)24-16-8-3-12-9-25(10-15(12)16)29(27,28)14-6-4-13(5-7-14)19(20,21)22/h4-7,11-12,15-17H,3,8-10,23H2,1-2H3,(H,24,26)/t12-,15+,16+,17+/m1/s1. The minimum absolute atomic E-state index is 0.00711. The molecule has 1 saturated carbocycles. The molecule has 0 bridgehead atoms. The lowest BCUT2D eigenvalue weighted by atomic mass is 9.97. The van der Waals surface area contributed by atoms with Gasteiger partial charge in [0.25, 0.3) is 0 Å². The molecule has 1 aromatic carbocycles. The van der Waals surface area contributed by atoms with Gasteiger partial charge in [-0.3, -0.25) is 4.79 Å². The molecule has 3 N–H and O–H groups in total. The Balaban J connectivity index is 1.70. The van der Waals surface area contributed by atoms with Crippen molar-refractivity contribution in [1.29, 1.82) is 0 Å². The van der Waals surface area contributed by atoms with Crippen LogP contribution in [0.15, 0.2) is 29.2 Å². The number of rotatable bonds is 5. The molecule has 29 heavy (non-hydrogen) atoms. The van der Waals surface area contributed by atoms with Gasteiger partial charge in [0.05, 0.1) is 16.5 Å². The van der Waals surface area contributed by atoms with Gasteiger partial charge in [0, 0.05) is 19.1 Å². The Labute approximate surface area is 168 Å². The highest BCUT2D eigenvalue weighted by atomic mass is 32.2. The maximum atomic E-state index is 12.9. The highest BCUT2D eigenvalue weighted by Crippen LogP contribution is 2.40. The van der Waals surface area contributed by atoms with Crippen molar-refractivity contribution in [3.8, 4) is 0 Å². The Morgan fingerprint density at radius 2 is 1.79 bits per heavy atom. The number of carbonyl (C=O) groups excluding carboxylic acids is 1. The summed E-state index contributed by atoms with van der Waals surface area (Å²) in [7, 11) is -3.90. The minimum atomic E-state index is -4.52. The number of benzene rings is 1. The van der Waals surface area contributed by atoms with Gasteiger partial charge in [-0.25, -0.2) is 8.42 Å². The lowest BCUT2D eigenvalue weighted by Crippen LogP contribution is -2.49. The molecule has 162 valence electrons. The van der Waals surface area contributed by atoms with Crippen molar-refractivity contribution in [2.75, 3.05) is 13.1 Å². The lowest BCUT2D eigenvalue weighted by Gasteiger charge is -2.24. The molecule has 10 heteroatoms. The number of alkyl halides is 3. The maximum Gasteiger partial charge on any atom is 0.416 e. The highest BCUT2D eigenvalue weighted by Gasteiger charge is 2.47. The number of nitrogens with one attached hydrogen (secondary N) is 1. The summed E-state index contributed by atoms with van der Waals surface area (Å²) in [6.45, 7) is 4.25. The predicted octanol–water partition coefficient (Wildman–Crippen LogP) is 2.20. The fourth-order valence-electron chi connectivity index (χ4n) is 4.15. The normalized spacial score (nSPS) is 26.5. The van der Waals surface area contributed by atoms with E-state index in [0.29, 0.717) is 6.54 Å². The van der Waals surface area contributed by atoms with Crippen molar-refractivity contribution < 1.29 is 26.4 Å². The fourth-order valence-corrected chi connectivity index (χ4v) is 5.68. The Hall–Kier alpha value is -1.65. The van der Waals surface area contributed by atoms with Gasteiger partial charge < -0.3 is 11.1 Å². The fraction of sp³-hybridized carbons (Fsp3) is 0.632. The first-order chi connectivity index (χ1) is 13.4. The first-order valence-electron chi connectivity index (χ1n) is 9.64. The molecule has 0 unspecified atom stereocenters. The van der Waals surface area contributed by atoms with E-state index >= 15 is 0 Å². The quantitative estimate of drug-likeness (QED) is 0.745. The van der Waals surface area contributed by atoms with E-state index in [1.165, 1.54) is 4.31 Å². The summed E-state index contributed by atoms with van der Waals surface area (Å²) < 4.78 is 65.3. The summed E-state index contributed by atoms with van der Waals surface area (Å²) >= 11 is 0. The molecule has 1 amide bonds. The second-order valence-corrected chi connectivity index (χ2v) is 10.2. The van der Waals surface area contributed by atoms with Gasteiger partial charge in [0.15, 0.2) is 0 Å². The van der Waals surface area contributed by atoms with Gasteiger partial charge >= 0.3 is 6.18 Å². The Morgan fingerprint density at radius 1 is 1.17 bits per heavy atom. The molecule has 1 aliphatic carbocycles. The topological polar surface area (TPSA) is 92.5 Å². The SMILES string of the molecule is CC(C)[C@H](N)C(=O)N[C@H]1CC[C@@H]2CN(S(=O)(=O)c3ccc(C(F)(F)F)cc3)C[C@@H]21. The molecule has 0 spiro atoms. The summed E-state index contributed by atoms with van der Waals surface area (Å²) in [4.78, 5) is 12.1. The van der Waals surface area contributed by atoms with Crippen LogP contribution in [0.2, 0.25) is 0 Å².